The number of nitrogens with one attached hydrogen (secondary N) is 1. The third kappa shape index (κ3) is 3.43. The van der Waals surface area contributed by atoms with Gasteiger partial charge in [-0.2, -0.15) is 0 Å². The largest absolute Gasteiger partial charge is 0.396 e. The number of benzene rings is 1. The van der Waals surface area contributed by atoms with Gasteiger partial charge in [0.15, 0.2) is 19.7 Å². The lowest BCUT2D eigenvalue weighted by atomic mass is 10.1. The van der Waals surface area contributed by atoms with Crippen molar-refractivity contribution in [3.8, 4) is 0 Å². The molecule has 0 spiro atoms. The highest BCUT2D eigenvalue weighted by atomic mass is 32.2. The Kier molecular flexibility index (Phi) is 3.97. The molecule has 3 N–H and O–H groups in total. The lowest BCUT2D eigenvalue weighted by molar-refractivity contribution is 0.562. The van der Waals surface area contributed by atoms with Gasteiger partial charge < -0.3 is 11.1 Å². The Labute approximate surface area is 119 Å². The van der Waals surface area contributed by atoms with Crippen LogP contribution in [0.25, 0.3) is 0 Å². The topological polar surface area (TPSA) is 106 Å². The van der Waals surface area contributed by atoms with Crippen molar-refractivity contribution in [3.63, 3.8) is 0 Å². The van der Waals surface area contributed by atoms with E-state index in [1.807, 2.05) is 0 Å². The van der Waals surface area contributed by atoms with Crippen molar-refractivity contribution in [2.24, 2.45) is 0 Å². The molecule has 1 aliphatic heterocycles. The molecule has 1 heterocycles. The molecule has 0 saturated carbocycles. The first-order valence-corrected chi connectivity index (χ1v) is 9.96. The Morgan fingerprint density at radius 1 is 1.35 bits per heavy atom. The van der Waals surface area contributed by atoms with E-state index in [0.717, 1.165) is 12.7 Å². The summed E-state index contributed by atoms with van der Waals surface area (Å²) < 4.78 is 46.4. The quantitative estimate of drug-likeness (QED) is 0.793. The number of sulfone groups is 2. The molecule has 1 atom stereocenters. The lowest BCUT2D eigenvalue weighted by Crippen LogP contribution is -2.35. The summed E-state index contributed by atoms with van der Waals surface area (Å²) in [7, 11) is -6.43. The first-order chi connectivity index (χ1) is 9.19. The molecule has 0 radical (unpaired) electrons. The van der Waals surface area contributed by atoms with Gasteiger partial charge >= 0.3 is 0 Å². The molecule has 2 rings (SSSR count). The highest BCUT2D eigenvalue weighted by molar-refractivity contribution is 7.91. The summed E-state index contributed by atoms with van der Waals surface area (Å²) in [6.07, 6.45) is 2.42. The Morgan fingerprint density at radius 3 is 2.65 bits per heavy atom. The number of nitrogen functional groups attached to an aromatic ring is 1. The number of rotatable bonds is 3. The van der Waals surface area contributed by atoms with Gasteiger partial charge in [0.05, 0.1) is 27.8 Å². The third-order valence-electron chi connectivity index (χ3n) is 3.29. The monoisotopic (exact) mass is 318 g/mol. The van der Waals surface area contributed by atoms with Crippen molar-refractivity contribution in [2.45, 2.75) is 23.8 Å². The summed E-state index contributed by atoms with van der Waals surface area (Å²) in [5.41, 5.74) is 6.47. The van der Waals surface area contributed by atoms with Crippen molar-refractivity contribution in [1.82, 2.24) is 0 Å². The molecule has 1 aliphatic rings. The summed E-state index contributed by atoms with van der Waals surface area (Å²) in [6.45, 7) is 0. The fourth-order valence-electron chi connectivity index (χ4n) is 2.35. The van der Waals surface area contributed by atoms with Crippen molar-refractivity contribution in [1.29, 1.82) is 0 Å². The molecule has 1 unspecified atom stereocenters. The zero-order valence-electron chi connectivity index (χ0n) is 11.2. The van der Waals surface area contributed by atoms with Gasteiger partial charge in [0.2, 0.25) is 0 Å². The molecule has 0 bridgehead atoms. The van der Waals surface area contributed by atoms with Crippen molar-refractivity contribution in [2.75, 3.05) is 28.8 Å². The summed E-state index contributed by atoms with van der Waals surface area (Å²) in [6, 6.07) is 4.45. The molecule has 0 aliphatic carbocycles. The van der Waals surface area contributed by atoms with Gasteiger partial charge in [-0.1, -0.05) is 6.07 Å². The van der Waals surface area contributed by atoms with Crippen LogP contribution in [0.15, 0.2) is 23.1 Å². The molecule has 6 nitrogen and oxygen atoms in total. The highest BCUT2D eigenvalue weighted by Crippen LogP contribution is 2.28. The molecule has 0 aromatic heterocycles. The van der Waals surface area contributed by atoms with Crippen LogP contribution in [0.1, 0.15) is 12.8 Å². The number of nitrogens with two attached hydrogens (primary N) is 1. The second kappa shape index (κ2) is 5.25. The van der Waals surface area contributed by atoms with Crippen molar-refractivity contribution in [3.05, 3.63) is 18.2 Å². The second-order valence-electron chi connectivity index (χ2n) is 5.09. The summed E-state index contributed by atoms with van der Waals surface area (Å²) >= 11 is 0. The van der Waals surface area contributed by atoms with Crippen LogP contribution in [-0.4, -0.2) is 40.6 Å². The van der Waals surface area contributed by atoms with E-state index in [0.29, 0.717) is 12.1 Å². The maximum Gasteiger partial charge on any atom is 0.177 e. The Balaban J connectivity index is 2.27. The SMILES string of the molecule is CS(=O)(=O)c1cccc(NC2CCCS(=O)(=O)C2)c1N. The van der Waals surface area contributed by atoms with Crippen molar-refractivity contribution >= 4 is 31.0 Å². The molecule has 0 amide bonds. The molecule has 1 aromatic rings. The minimum absolute atomic E-state index is 0.0511. The molecule has 20 heavy (non-hydrogen) atoms. The number of hydrogen-bond acceptors (Lipinski definition) is 6. The zero-order valence-corrected chi connectivity index (χ0v) is 12.8. The lowest BCUT2D eigenvalue weighted by Gasteiger charge is -2.25. The first-order valence-electron chi connectivity index (χ1n) is 6.24. The predicted molar refractivity (Wildman–Crippen MR) is 79.3 cm³/mol. The Morgan fingerprint density at radius 2 is 2.05 bits per heavy atom. The predicted octanol–water partition coefficient (Wildman–Crippen LogP) is 0.661. The highest BCUT2D eigenvalue weighted by Gasteiger charge is 2.25. The number of anilines is 2. The van der Waals surface area contributed by atoms with Crippen molar-refractivity contribution < 1.29 is 16.8 Å². The van der Waals surface area contributed by atoms with Crippen LogP contribution in [-0.2, 0) is 19.7 Å². The van der Waals surface area contributed by atoms with E-state index in [1.165, 1.54) is 6.07 Å². The standard InChI is InChI=1S/C12H18N2O4S2/c1-19(15,16)11-6-2-5-10(12(11)13)14-9-4-3-7-20(17,18)8-9/h2,5-6,9,14H,3-4,7-8,13H2,1H3. The molecule has 1 fully saturated rings. The van der Waals surface area contributed by atoms with E-state index >= 15 is 0 Å². The van der Waals surface area contributed by atoms with Gasteiger partial charge in [0.1, 0.15) is 0 Å². The van der Waals surface area contributed by atoms with Crippen LogP contribution in [0.3, 0.4) is 0 Å². The smallest absolute Gasteiger partial charge is 0.177 e. The Bertz CT molecular complexity index is 711. The van der Waals surface area contributed by atoms with E-state index in [4.69, 9.17) is 5.73 Å². The van der Waals surface area contributed by atoms with Crippen LogP contribution in [0.5, 0.6) is 0 Å². The Hall–Kier alpha value is -1.28. The normalized spacial score (nSPS) is 22.4. The van der Waals surface area contributed by atoms with Gasteiger partial charge in [0.25, 0.3) is 0 Å². The van der Waals surface area contributed by atoms with Gasteiger partial charge in [-0.15, -0.1) is 0 Å². The molecule has 112 valence electrons. The first kappa shape index (κ1) is 15.1. The maximum absolute atomic E-state index is 11.6. The van der Waals surface area contributed by atoms with Crippen LogP contribution < -0.4 is 11.1 Å². The van der Waals surface area contributed by atoms with E-state index in [9.17, 15) is 16.8 Å². The van der Waals surface area contributed by atoms with Crippen LogP contribution >= 0.6 is 0 Å². The average molecular weight is 318 g/mol. The summed E-state index contributed by atoms with van der Waals surface area (Å²) in [5.74, 6) is 0.263. The second-order valence-corrected chi connectivity index (χ2v) is 9.30. The van der Waals surface area contributed by atoms with E-state index < -0.39 is 19.7 Å². The summed E-state index contributed by atoms with van der Waals surface area (Å²) in [5, 5.41) is 3.05. The molecular formula is C12H18N2O4S2. The van der Waals surface area contributed by atoms with Crippen LogP contribution in [0.4, 0.5) is 11.4 Å². The van der Waals surface area contributed by atoms with Gasteiger partial charge in [-0.25, -0.2) is 16.8 Å². The maximum atomic E-state index is 11.6. The molecule has 8 heteroatoms. The fourth-order valence-corrected chi connectivity index (χ4v) is 4.82. The number of para-hydroxylation sites is 1. The molecular weight excluding hydrogens is 300 g/mol. The van der Waals surface area contributed by atoms with E-state index in [-0.39, 0.29) is 28.1 Å². The fraction of sp³-hybridized carbons (Fsp3) is 0.500. The minimum atomic E-state index is -3.40. The van der Waals surface area contributed by atoms with Gasteiger partial charge in [-0.3, -0.25) is 0 Å². The van der Waals surface area contributed by atoms with E-state index in [2.05, 4.69) is 5.32 Å². The van der Waals surface area contributed by atoms with Crippen LogP contribution in [0, 0.1) is 0 Å². The van der Waals surface area contributed by atoms with Gasteiger partial charge in [-0.05, 0) is 25.0 Å². The number of hydrogen-bond donors (Lipinski definition) is 2. The molecule has 1 saturated heterocycles. The minimum Gasteiger partial charge on any atom is -0.396 e. The third-order valence-corrected chi connectivity index (χ3v) is 6.26. The van der Waals surface area contributed by atoms with Crippen LogP contribution in [0.2, 0.25) is 0 Å². The summed E-state index contributed by atoms with van der Waals surface area (Å²) in [4.78, 5) is 0.0566. The van der Waals surface area contributed by atoms with Gasteiger partial charge in [0, 0.05) is 12.3 Å². The molecule has 1 aromatic carbocycles. The van der Waals surface area contributed by atoms with E-state index in [1.54, 1.807) is 12.1 Å². The zero-order chi connectivity index (χ0) is 15.0. The average Bonchev–Trinajstić information content (AvgIpc) is 2.29.